The number of nitrogens with two attached hydrogens (primary N) is 1. The van der Waals surface area contributed by atoms with Gasteiger partial charge in [0.25, 0.3) is 0 Å². The maximum atomic E-state index is 6.12. The van der Waals surface area contributed by atoms with Gasteiger partial charge in [-0.2, -0.15) is 0 Å². The highest BCUT2D eigenvalue weighted by molar-refractivity contribution is 6.42. The van der Waals surface area contributed by atoms with Gasteiger partial charge in [-0.15, -0.1) is 0 Å². The Morgan fingerprint density at radius 2 is 2.03 bits per heavy atom. The Kier molecular flexibility index (Phi) is 6.82. The number of aliphatic imine (C=N–C) groups is 1. The molecule has 0 saturated heterocycles. The topological polar surface area (TPSA) is 77.5 Å². The maximum Gasteiger partial charge on any atom is 0.144 e. The monoisotopic (exact) mass is 441 g/mol. The number of allylic oxidation sites excluding steroid dienone is 1. The number of aromatic nitrogens is 2. The molecule has 0 atom stereocenters. The van der Waals surface area contributed by atoms with Crippen molar-refractivity contribution in [3.05, 3.63) is 94.9 Å². The molecule has 154 valence electrons. The summed E-state index contributed by atoms with van der Waals surface area (Å²) < 4.78 is 7.44. The molecule has 0 aliphatic heterocycles. The van der Waals surface area contributed by atoms with Crippen LogP contribution in [0, 0.1) is 6.92 Å². The van der Waals surface area contributed by atoms with Crippen LogP contribution in [-0.2, 0) is 0 Å². The van der Waals surface area contributed by atoms with E-state index in [1.54, 1.807) is 31.6 Å². The first-order valence-electron chi connectivity index (χ1n) is 8.98. The molecule has 0 unspecified atom stereocenters. The number of nitrogens with zero attached hydrogens (tertiary/aromatic N) is 3. The summed E-state index contributed by atoms with van der Waals surface area (Å²) in [5.74, 6) is 1.10. The van der Waals surface area contributed by atoms with Gasteiger partial charge in [0, 0.05) is 23.5 Å². The zero-order valence-corrected chi connectivity index (χ0v) is 18.1. The second-order valence-corrected chi connectivity index (χ2v) is 7.18. The summed E-state index contributed by atoms with van der Waals surface area (Å²) in [4.78, 5) is 8.78. The third-order valence-corrected chi connectivity index (χ3v) is 4.92. The molecule has 1 aromatic heterocycles. The fourth-order valence-corrected chi connectivity index (χ4v) is 3.10. The van der Waals surface area contributed by atoms with Crippen molar-refractivity contribution in [1.29, 1.82) is 0 Å². The Hall–Kier alpha value is -3.22. The van der Waals surface area contributed by atoms with Crippen molar-refractivity contribution < 1.29 is 4.74 Å². The number of hydrogen-bond acceptors (Lipinski definition) is 5. The lowest BCUT2D eigenvalue weighted by Crippen LogP contribution is -2.04. The number of nitrogens with one attached hydrogen (secondary N) is 1. The molecule has 0 spiro atoms. The van der Waals surface area contributed by atoms with Gasteiger partial charge >= 0.3 is 0 Å². The van der Waals surface area contributed by atoms with E-state index >= 15 is 0 Å². The van der Waals surface area contributed by atoms with Crippen LogP contribution < -0.4 is 15.8 Å². The van der Waals surface area contributed by atoms with E-state index in [4.69, 9.17) is 33.7 Å². The molecule has 8 heteroatoms. The van der Waals surface area contributed by atoms with Crippen molar-refractivity contribution in [3.63, 3.8) is 0 Å². The summed E-state index contributed by atoms with van der Waals surface area (Å²) in [6, 6.07) is 10.9. The molecule has 3 rings (SSSR count). The van der Waals surface area contributed by atoms with E-state index < -0.39 is 0 Å². The molecule has 3 aromatic rings. The predicted octanol–water partition coefficient (Wildman–Crippen LogP) is 5.34. The molecule has 0 amide bonds. The summed E-state index contributed by atoms with van der Waals surface area (Å²) in [6.07, 6.45) is 6.74. The highest BCUT2D eigenvalue weighted by Crippen LogP contribution is 2.28. The van der Waals surface area contributed by atoms with E-state index in [-0.39, 0.29) is 0 Å². The molecular formula is C22H21Cl2N5O. The average Bonchev–Trinajstić information content (AvgIpc) is 3.15. The second kappa shape index (κ2) is 9.52. The summed E-state index contributed by atoms with van der Waals surface area (Å²) in [5, 5.41) is 4.06. The van der Waals surface area contributed by atoms with Gasteiger partial charge in [-0.25, -0.2) is 9.98 Å². The van der Waals surface area contributed by atoms with E-state index in [2.05, 4.69) is 21.9 Å². The van der Waals surface area contributed by atoms with Crippen molar-refractivity contribution in [2.45, 2.75) is 6.92 Å². The standard InChI is InChI=1S/C22H21Cl2N5O/c1-14-12-29(13-26-14)21-7-5-17(11-22(21)30-3)27-15(2)28-20(8-9-25)16-4-6-18(23)19(24)10-16/h4-13,27H,2,25H2,1,3H3/b9-8-,28-20?. The minimum Gasteiger partial charge on any atom is -0.494 e. The van der Waals surface area contributed by atoms with Crippen molar-refractivity contribution in [2.24, 2.45) is 10.7 Å². The lowest BCUT2D eigenvalue weighted by Gasteiger charge is -2.13. The molecule has 0 radical (unpaired) electrons. The molecule has 3 N–H and O–H groups in total. The normalized spacial score (nSPS) is 11.7. The van der Waals surface area contributed by atoms with Gasteiger partial charge in [0.15, 0.2) is 0 Å². The summed E-state index contributed by atoms with van der Waals surface area (Å²) in [7, 11) is 1.62. The molecule has 0 aliphatic rings. The molecule has 1 heterocycles. The highest BCUT2D eigenvalue weighted by Gasteiger charge is 2.09. The van der Waals surface area contributed by atoms with Gasteiger partial charge in [-0.3, -0.25) is 0 Å². The molecular weight excluding hydrogens is 421 g/mol. The maximum absolute atomic E-state index is 6.12. The van der Waals surface area contributed by atoms with Crippen LogP contribution in [0.5, 0.6) is 5.75 Å². The van der Waals surface area contributed by atoms with E-state index in [1.807, 2.05) is 42.0 Å². The summed E-state index contributed by atoms with van der Waals surface area (Å²) in [5.41, 5.74) is 9.50. The molecule has 0 bridgehead atoms. The number of benzene rings is 2. The number of imidazole rings is 1. The third kappa shape index (κ3) is 5.03. The molecule has 6 nitrogen and oxygen atoms in total. The fourth-order valence-electron chi connectivity index (χ4n) is 2.81. The first kappa shape index (κ1) is 21.5. The van der Waals surface area contributed by atoms with Crippen LogP contribution in [0.2, 0.25) is 10.0 Å². The number of hydrogen-bond donors (Lipinski definition) is 2. The van der Waals surface area contributed by atoms with Crippen LogP contribution in [0.15, 0.2) is 78.6 Å². The minimum atomic E-state index is 0.419. The average molecular weight is 442 g/mol. The number of rotatable bonds is 7. The van der Waals surface area contributed by atoms with Crippen LogP contribution in [0.1, 0.15) is 11.3 Å². The lowest BCUT2D eigenvalue weighted by atomic mass is 10.1. The molecule has 0 saturated carbocycles. The first-order chi connectivity index (χ1) is 14.4. The van der Waals surface area contributed by atoms with Gasteiger partial charge in [-0.05, 0) is 43.5 Å². The summed E-state index contributed by atoms with van der Waals surface area (Å²) >= 11 is 12.1. The van der Waals surface area contributed by atoms with Gasteiger partial charge in [0.2, 0.25) is 0 Å². The SMILES string of the molecule is C=C(N=C(/C=C\N)c1ccc(Cl)c(Cl)c1)Nc1ccc(-n2cnc(C)c2)c(OC)c1. The Bertz CT molecular complexity index is 1130. The lowest BCUT2D eigenvalue weighted by molar-refractivity contribution is 0.413. The van der Waals surface area contributed by atoms with Crippen molar-refractivity contribution in [2.75, 3.05) is 12.4 Å². The first-order valence-corrected chi connectivity index (χ1v) is 9.74. The largest absolute Gasteiger partial charge is 0.494 e. The van der Waals surface area contributed by atoms with Gasteiger partial charge in [0.1, 0.15) is 11.6 Å². The van der Waals surface area contributed by atoms with E-state index in [0.717, 1.165) is 22.6 Å². The Labute approximate surface area is 185 Å². The smallest absolute Gasteiger partial charge is 0.144 e. The second-order valence-electron chi connectivity index (χ2n) is 6.37. The van der Waals surface area contributed by atoms with Gasteiger partial charge < -0.3 is 20.4 Å². The molecule has 2 aromatic carbocycles. The van der Waals surface area contributed by atoms with Crippen LogP contribution in [-0.4, -0.2) is 22.4 Å². The van der Waals surface area contributed by atoms with Crippen LogP contribution in [0.4, 0.5) is 5.69 Å². The number of halogens is 2. The van der Waals surface area contributed by atoms with Crippen LogP contribution >= 0.6 is 23.2 Å². The predicted molar refractivity (Wildman–Crippen MR) is 124 cm³/mol. The molecule has 30 heavy (non-hydrogen) atoms. The number of aryl methyl sites for hydroxylation is 1. The van der Waals surface area contributed by atoms with Gasteiger partial charge in [-0.1, -0.05) is 35.8 Å². The van der Waals surface area contributed by atoms with Crippen LogP contribution in [0.25, 0.3) is 5.69 Å². The third-order valence-electron chi connectivity index (χ3n) is 4.18. The summed E-state index contributed by atoms with van der Waals surface area (Å²) in [6.45, 7) is 5.92. The minimum absolute atomic E-state index is 0.419. The van der Waals surface area contributed by atoms with E-state index in [9.17, 15) is 0 Å². The Balaban J connectivity index is 1.85. The molecule has 0 aliphatic carbocycles. The quantitative estimate of drug-likeness (QED) is 0.484. The zero-order chi connectivity index (χ0) is 21.7. The number of anilines is 1. The Morgan fingerprint density at radius 1 is 1.23 bits per heavy atom. The highest BCUT2D eigenvalue weighted by atomic mass is 35.5. The van der Waals surface area contributed by atoms with E-state index in [1.165, 1.54) is 6.20 Å². The van der Waals surface area contributed by atoms with Crippen molar-refractivity contribution in [3.8, 4) is 11.4 Å². The van der Waals surface area contributed by atoms with Gasteiger partial charge in [0.05, 0.1) is 40.6 Å². The number of ether oxygens (including phenoxy) is 1. The van der Waals surface area contributed by atoms with Crippen molar-refractivity contribution >= 4 is 34.6 Å². The fraction of sp³-hybridized carbons (Fsp3) is 0.0909. The Morgan fingerprint density at radius 3 is 2.67 bits per heavy atom. The molecule has 0 fully saturated rings. The van der Waals surface area contributed by atoms with E-state index in [0.29, 0.717) is 27.3 Å². The van der Waals surface area contributed by atoms with Crippen molar-refractivity contribution in [1.82, 2.24) is 9.55 Å². The zero-order valence-electron chi connectivity index (χ0n) is 16.6. The van der Waals surface area contributed by atoms with Crippen LogP contribution in [0.3, 0.4) is 0 Å². The number of methoxy groups -OCH3 is 1.